The lowest BCUT2D eigenvalue weighted by molar-refractivity contribution is -0.126. The van der Waals surface area contributed by atoms with Crippen LogP contribution >= 0.6 is 0 Å². The van der Waals surface area contributed by atoms with Crippen LogP contribution in [0.15, 0.2) is 0 Å². The second kappa shape index (κ2) is 4.61. The van der Waals surface area contributed by atoms with Gasteiger partial charge in [0, 0.05) is 11.8 Å². The molecule has 0 saturated heterocycles. The highest BCUT2D eigenvalue weighted by Crippen LogP contribution is 2.17. The molecule has 0 N–H and O–H groups in total. The SMILES string of the molecule is CN(C)CCCC(=O)C(C)(C)C. The molecular formula is C10H21NO. The maximum atomic E-state index is 11.4. The van der Waals surface area contributed by atoms with Gasteiger partial charge in [0.25, 0.3) is 0 Å². The van der Waals surface area contributed by atoms with Gasteiger partial charge in [-0.05, 0) is 27.1 Å². The zero-order valence-electron chi connectivity index (χ0n) is 8.98. The van der Waals surface area contributed by atoms with Crippen LogP contribution in [0, 0.1) is 5.41 Å². The van der Waals surface area contributed by atoms with Gasteiger partial charge in [-0.1, -0.05) is 20.8 Å². The second-order valence-corrected chi connectivity index (χ2v) is 4.58. The molecule has 0 aliphatic heterocycles. The predicted octanol–water partition coefficient (Wildman–Crippen LogP) is 1.94. The third-order valence-electron chi connectivity index (χ3n) is 1.85. The van der Waals surface area contributed by atoms with Gasteiger partial charge < -0.3 is 4.90 Å². The van der Waals surface area contributed by atoms with Gasteiger partial charge in [-0.2, -0.15) is 0 Å². The molecule has 72 valence electrons. The van der Waals surface area contributed by atoms with E-state index in [4.69, 9.17) is 0 Å². The molecule has 12 heavy (non-hydrogen) atoms. The Bertz CT molecular complexity index is 144. The maximum Gasteiger partial charge on any atom is 0.138 e. The third kappa shape index (κ3) is 5.30. The number of carbonyl (C=O) groups is 1. The summed E-state index contributed by atoms with van der Waals surface area (Å²) in [6.45, 7) is 6.93. The molecule has 0 aromatic carbocycles. The van der Waals surface area contributed by atoms with Gasteiger partial charge >= 0.3 is 0 Å². The van der Waals surface area contributed by atoms with Crippen LogP contribution in [0.1, 0.15) is 33.6 Å². The van der Waals surface area contributed by atoms with E-state index in [2.05, 4.69) is 4.90 Å². The summed E-state index contributed by atoms with van der Waals surface area (Å²) in [6.07, 6.45) is 1.69. The van der Waals surface area contributed by atoms with Crippen molar-refractivity contribution in [2.75, 3.05) is 20.6 Å². The Labute approximate surface area is 75.9 Å². The van der Waals surface area contributed by atoms with Crippen LogP contribution in [0.4, 0.5) is 0 Å². The second-order valence-electron chi connectivity index (χ2n) is 4.58. The summed E-state index contributed by atoms with van der Waals surface area (Å²) < 4.78 is 0. The number of carbonyl (C=O) groups excluding carboxylic acids is 1. The van der Waals surface area contributed by atoms with Crippen molar-refractivity contribution >= 4 is 5.78 Å². The molecule has 0 aliphatic carbocycles. The minimum absolute atomic E-state index is 0.160. The van der Waals surface area contributed by atoms with Crippen LogP contribution in [0.25, 0.3) is 0 Å². The van der Waals surface area contributed by atoms with E-state index < -0.39 is 0 Å². The molecule has 0 unspecified atom stereocenters. The van der Waals surface area contributed by atoms with Crippen LogP contribution in [0.3, 0.4) is 0 Å². The van der Waals surface area contributed by atoms with Crippen molar-refractivity contribution in [3.05, 3.63) is 0 Å². The molecule has 0 atom stereocenters. The number of Topliss-reactive ketones (excluding diaryl/α,β-unsaturated/α-hetero) is 1. The van der Waals surface area contributed by atoms with E-state index in [0.717, 1.165) is 13.0 Å². The van der Waals surface area contributed by atoms with E-state index in [1.54, 1.807) is 0 Å². The van der Waals surface area contributed by atoms with Crippen molar-refractivity contribution in [1.82, 2.24) is 4.90 Å². The topological polar surface area (TPSA) is 20.3 Å². The highest BCUT2D eigenvalue weighted by atomic mass is 16.1. The number of hydrogen-bond acceptors (Lipinski definition) is 2. The van der Waals surface area contributed by atoms with Crippen LogP contribution < -0.4 is 0 Å². The minimum Gasteiger partial charge on any atom is -0.309 e. The molecule has 0 aromatic rings. The Morgan fingerprint density at radius 3 is 2.08 bits per heavy atom. The number of rotatable bonds is 4. The first kappa shape index (κ1) is 11.6. The molecule has 2 heteroatoms. The summed E-state index contributed by atoms with van der Waals surface area (Å²) in [5.74, 6) is 0.365. The van der Waals surface area contributed by atoms with E-state index in [1.165, 1.54) is 0 Å². The van der Waals surface area contributed by atoms with Gasteiger partial charge in [-0.15, -0.1) is 0 Å². The predicted molar refractivity (Wildman–Crippen MR) is 52.3 cm³/mol. The van der Waals surface area contributed by atoms with Crippen LogP contribution in [0.2, 0.25) is 0 Å². The molecule has 0 bridgehead atoms. The Hall–Kier alpha value is -0.370. The molecule has 0 aliphatic rings. The van der Waals surface area contributed by atoms with Gasteiger partial charge in [0.1, 0.15) is 5.78 Å². The van der Waals surface area contributed by atoms with Crippen molar-refractivity contribution in [2.24, 2.45) is 5.41 Å². The molecule has 0 fully saturated rings. The zero-order chi connectivity index (χ0) is 9.78. The third-order valence-corrected chi connectivity index (χ3v) is 1.85. The summed E-state index contributed by atoms with van der Waals surface area (Å²) >= 11 is 0. The fourth-order valence-corrected chi connectivity index (χ4v) is 0.931. The standard InChI is InChI=1S/C10H21NO/c1-10(2,3)9(12)7-6-8-11(4)5/h6-8H2,1-5H3. The van der Waals surface area contributed by atoms with E-state index >= 15 is 0 Å². The van der Waals surface area contributed by atoms with Gasteiger partial charge in [0.05, 0.1) is 0 Å². The first-order valence-corrected chi connectivity index (χ1v) is 4.52. The monoisotopic (exact) mass is 171 g/mol. The highest BCUT2D eigenvalue weighted by Gasteiger charge is 2.19. The molecule has 0 aromatic heterocycles. The smallest absolute Gasteiger partial charge is 0.138 e. The molecule has 0 amide bonds. The Balaban J connectivity index is 3.59. The summed E-state index contributed by atoms with van der Waals surface area (Å²) in [5.41, 5.74) is -0.160. The van der Waals surface area contributed by atoms with Crippen molar-refractivity contribution in [2.45, 2.75) is 33.6 Å². The normalized spacial score (nSPS) is 12.2. The van der Waals surface area contributed by atoms with Crippen LogP contribution in [0.5, 0.6) is 0 Å². The first-order chi connectivity index (χ1) is 5.34. The summed E-state index contributed by atoms with van der Waals surface area (Å²) in [5, 5.41) is 0. The lowest BCUT2D eigenvalue weighted by Gasteiger charge is -2.17. The fraction of sp³-hybridized carbons (Fsp3) is 0.900. The summed E-state index contributed by atoms with van der Waals surface area (Å²) in [7, 11) is 4.06. The van der Waals surface area contributed by atoms with Crippen molar-refractivity contribution in [3.8, 4) is 0 Å². The number of ketones is 1. The quantitative estimate of drug-likeness (QED) is 0.644. The van der Waals surface area contributed by atoms with Gasteiger partial charge in [-0.3, -0.25) is 4.79 Å². The maximum absolute atomic E-state index is 11.4. The summed E-state index contributed by atoms with van der Waals surface area (Å²) in [6, 6.07) is 0. The highest BCUT2D eigenvalue weighted by molar-refractivity contribution is 5.83. The van der Waals surface area contributed by atoms with Crippen LogP contribution in [-0.4, -0.2) is 31.3 Å². The molecule has 0 saturated carbocycles. The minimum atomic E-state index is -0.160. The van der Waals surface area contributed by atoms with E-state index in [0.29, 0.717) is 12.2 Å². The molecule has 0 rings (SSSR count). The molecular weight excluding hydrogens is 150 g/mol. The lowest BCUT2D eigenvalue weighted by atomic mass is 9.88. The lowest BCUT2D eigenvalue weighted by Crippen LogP contribution is -2.22. The molecule has 0 spiro atoms. The molecule has 0 radical (unpaired) electrons. The Kier molecular flexibility index (Phi) is 4.46. The molecule has 0 heterocycles. The summed E-state index contributed by atoms with van der Waals surface area (Å²) in [4.78, 5) is 13.5. The zero-order valence-corrected chi connectivity index (χ0v) is 8.98. The van der Waals surface area contributed by atoms with Gasteiger partial charge in [0.15, 0.2) is 0 Å². The van der Waals surface area contributed by atoms with E-state index in [1.807, 2.05) is 34.9 Å². The van der Waals surface area contributed by atoms with Crippen molar-refractivity contribution in [1.29, 1.82) is 0 Å². The Morgan fingerprint density at radius 1 is 1.25 bits per heavy atom. The number of nitrogens with zero attached hydrogens (tertiary/aromatic N) is 1. The largest absolute Gasteiger partial charge is 0.309 e. The van der Waals surface area contributed by atoms with Gasteiger partial charge in [-0.25, -0.2) is 0 Å². The van der Waals surface area contributed by atoms with Crippen molar-refractivity contribution in [3.63, 3.8) is 0 Å². The molecule has 2 nitrogen and oxygen atoms in total. The van der Waals surface area contributed by atoms with Gasteiger partial charge in [0.2, 0.25) is 0 Å². The van der Waals surface area contributed by atoms with E-state index in [-0.39, 0.29) is 5.41 Å². The Morgan fingerprint density at radius 2 is 1.75 bits per heavy atom. The van der Waals surface area contributed by atoms with E-state index in [9.17, 15) is 4.79 Å². The van der Waals surface area contributed by atoms with Crippen molar-refractivity contribution < 1.29 is 4.79 Å². The average molecular weight is 171 g/mol. The first-order valence-electron chi connectivity index (χ1n) is 4.52. The fourth-order valence-electron chi connectivity index (χ4n) is 0.931. The average Bonchev–Trinajstić information content (AvgIpc) is 1.84. The van der Waals surface area contributed by atoms with Crippen LogP contribution in [-0.2, 0) is 4.79 Å². The number of hydrogen-bond donors (Lipinski definition) is 0.